The second-order valence-corrected chi connectivity index (χ2v) is 8.35. The van der Waals surface area contributed by atoms with E-state index in [0.717, 1.165) is 58.3 Å². The molecule has 1 atom stereocenters. The largest absolute Gasteiger partial charge is 0.466 e. The molecular weight excluding hydrogens is 352 g/mol. The van der Waals surface area contributed by atoms with Crippen molar-refractivity contribution in [3.8, 4) is 0 Å². The molecule has 28 heavy (non-hydrogen) atoms. The SMILES string of the molecule is CCOC(=O)C1(C[C@@H]2CCCCO2)CCN(Cc2cc3ccccc3[nH]2)CC1. The lowest BCUT2D eigenvalue weighted by Crippen LogP contribution is -2.47. The van der Waals surface area contributed by atoms with Gasteiger partial charge in [-0.1, -0.05) is 18.2 Å². The van der Waals surface area contributed by atoms with Gasteiger partial charge in [0.15, 0.2) is 0 Å². The van der Waals surface area contributed by atoms with Crippen LogP contribution in [0.25, 0.3) is 10.9 Å². The van der Waals surface area contributed by atoms with Crippen LogP contribution in [0.15, 0.2) is 30.3 Å². The van der Waals surface area contributed by atoms with Gasteiger partial charge in [-0.05, 0) is 76.1 Å². The van der Waals surface area contributed by atoms with Gasteiger partial charge in [0, 0.05) is 24.4 Å². The van der Waals surface area contributed by atoms with E-state index in [1.807, 2.05) is 6.92 Å². The molecular formula is C23H32N2O3. The summed E-state index contributed by atoms with van der Waals surface area (Å²) in [4.78, 5) is 18.8. The number of ether oxygens (including phenoxy) is 2. The van der Waals surface area contributed by atoms with E-state index in [2.05, 4.69) is 40.2 Å². The molecule has 2 aliphatic heterocycles. The summed E-state index contributed by atoms with van der Waals surface area (Å²) in [5.41, 5.74) is 2.04. The maximum Gasteiger partial charge on any atom is 0.312 e. The van der Waals surface area contributed by atoms with Crippen LogP contribution in [-0.2, 0) is 20.8 Å². The average molecular weight is 385 g/mol. The Kier molecular flexibility index (Phi) is 6.02. The molecule has 1 N–H and O–H groups in total. The summed E-state index contributed by atoms with van der Waals surface area (Å²) < 4.78 is 11.5. The van der Waals surface area contributed by atoms with Crippen molar-refractivity contribution >= 4 is 16.9 Å². The number of hydrogen-bond acceptors (Lipinski definition) is 4. The van der Waals surface area contributed by atoms with Crippen molar-refractivity contribution in [2.75, 3.05) is 26.3 Å². The molecule has 0 amide bonds. The van der Waals surface area contributed by atoms with E-state index in [1.165, 1.54) is 23.0 Å². The molecule has 5 heteroatoms. The number of nitrogens with one attached hydrogen (secondary N) is 1. The number of aromatic amines is 1. The van der Waals surface area contributed by atoms with Gasteiger partial charge in [-0.25, -0.2) is 0 Å². The Bertz CT molecular complexity index is 753. The molecule has 0 spiro atoms. The number of hydrogen-bond donors (Lipinski definition) is 1. The van der Waals surface area contributed by atoms with Gasteiger partial charge in [-0.15, -0.1) is 0 Å². The Morgan fingerprint density at radius 1 is 1.29 bits per heavy atom. The van der Waals surface area contributed by atoms with Gasteiger partial charge >= 0.3 is 5.97 Å². The summed E-state index contributed by atoms with van der Waals surface area (Å²) in [7, 11) is 0. The minimum Gasteiger partial charge on any atom is -0.466 e. The van der Waals surface area contributed by atoms with Crippen molar-refractivity contribution in [3.05, 3.63) is 36.0 Å². The molecule has 0 bridgehead atoms. The van der Waals surface area contributed by atoms with Crippen LogP contribution in [0.1, 0.15) is 51.1 Å². The summed E-state index contributed by atoms with van der Waals surface area (Å²) in [6.07, 6.45) is 6.14. The van der Waals surface area contributed by atoms with Crippen LogP contribution in [-0.4, -0.2) is 48.3 Å². The molecule has 1 aromatic heterocycles. The van der Waals surface area contributed by atoms with Crippen LogP contribution in [0.3, 0.4) is 0 Å². The summed E-state index contributed by atoms with van der Waals surface area (Å²) in [5.74, 6) is -0.0190. The Labute approximate surface area is 167 Å². The minimum absolute atomic E-state index is 0.0190. The fourth-order valence-electron chi connectivity index (χ4n) is 4.78. The highest BCUT2D eigenvalue weighted by molar-refractivity contribution is 5.80. The van der Waals surface area contributed by atoms with Crippen molar-refractivity contribution in [1.29, 1.82) is 0 Å². The number of nitrogens with zero attached hydrogens (tertiary/aromatic N) is 1. The third-order valence-electron chi connectivity index (χ3n) is 6.39. The maximum atomic E-state index is 12.9. The molecule has 2 aliphatic rings. The lowest BCUT2D eigenvalue weighted by atomic mass is 9.73. The van der Waals surface area contributed by atoms with E-state index < -0.39 is 0 Å². The molecule has 0 unspecified atom stereocenters. The number of piperidine rings is 1. The third kappa shape index (κ3) is 4.26. The highest BCUT2D eigenvalue weighted by atomic mass is 16.5. The van der Waals surface area contributed by atoms with Gasteiger partial charge < -0.3 is 14.5 Å². The van der Waals surface area contributed by atoms with Crippen LogP contribution < -0.4 is 0 Å². The van der Waals surface area contributed by atoms with E-state index in [1.54, 1.807) is 0 Å². The van der Waals surface area contributed by atoms with Crippen LogP contribution in [0.5, 0.6) is 0 Å². The number of benzene rings is 1. The quantitative estimate of drug-likeness (QED) is 0.756. The zero-order valence-corrected chi connectivity index (χ0v) is 16.9. The van der Waals surface area contributed by atoms with Crippen molar-refractivity contribution in [1.82, 2.24) is 9.88 Å². The summed E-state index contributed by atoms with van der Waals surface area (Å²) in [5, 5.41) is 1.25. The lowest BCUT2D eigenvalue weighted by molar-refractivity contribution is -0.162. The van der Waals surface area contributed by atoms with Crippen LogP contribution in [0, 0.1) is 5.41 Å². The van der Waals surface area contributed by atoms with Crippen molar-refractivity contribution in [2.24, 2.45) is 5.41 Å². The number of esters is 1. The Balaban J connectivity index is 1.41. The second kappa shape index (κ2) is 8.66. The molecule has 2 fully saturated rings. The first-order valence-corrected chi connectivity index (χ1v) is 10.8. The normalized spacial score (nSPS) is 23.0. The first-order valence-electron chi connectivity index (χ1n) is 10.8. The number of likely N-dealkylation sites (tertiary alicyclic amines) is 1. The summed E-state index contributed by atoms with van der Waals surface area (Å²) in [6.45, 7) is 5.91. The summed E-state index contributed by atoms with van der Waals surface area (Å²) in [6, 6.07) is 10.6. The molecule has 5 nitrogen and oxygen atoms in total. The monoisotopic (exact) mass is 384 g/mol. The number of rotatable bonds is 6. The molecule has 0 saturated carbocycles. The molecule has 2 saturated heterocycles. The Morgan fingerprint density at radius 2 is 2.11 bits per heavy atom. The van der Waals surface area contributed by atoms with Crippen LogP contribution in [0.2, 0.25) is 0 Å². The Hall–Kier alpha value is -1.85. The number of carbonyl (C=O) groups is 1. The molecule has 0 radical (unpaired) electrons. The van der Waals surface area contributed by atoms with Gasteiger partial charge in [0.05, 0.1) is 18.1 Å². The molecule has 3 heterocycles. The molecule has 4 rings (SSSR count). The van der Waals surface area contributed by atoms with E-state index in [0.29, 0.717) is 6.61 Å². The minimum atomic E-state index is -0.380. The van der Waals surface area contributed by atoms with Crippen molar-refractivity contribution in [2.45, 2.75) is 58.1 Å². The summed E-state index contributed by atoms with van der Waals surface area (Å²) >= 11 is 0. The van der Waals surface area contributed by atoms with Crippen molar-refractivity contribution in [3.63, 3.8) is 0 Å². The van der Waals surface area contributed by atoms with Gasteiger partial charge in [-0.2, -0.15) is 0 Å². The number of para-hydroxylation sites is 1. The van der Waals surface area contributed by atoms with Crippen LogP contribution in [0.4, 0.5) is 0 Å². The van der Waals surface area contributed by atoms with Crippen molar-refractivity contribution < 1.29 is 14.3 Å². The predicted octanol–water partition coefficient (Wildman–Crippen LogP) is 4.27. The van der Waals surface area contributed by atoms with E-state index in [9.17, 15) is 4.79 Å². The Morgan fingerprint density at radius 3 is 2.82 bits per heavy atom. The maximum absolute atomic E-state index is 12.9. The molecule has 1 aromatic carbocycles. The van der Waals surface area contributed by atoms with Gasteiger partial charge in [0.25, 0.3) is 0 Å². The predicted molar refractivity (Wildman–Crippen MR) is 110 cm³/mol. The van der Waals surface area contributed by atoms with Gasteiger partial charge in [0.1, 0.15) is 0 Å². The number of carbonyl (C=O) groups excluding carboxylic acids is 1. The topological polar surface area (TPSA) is 54.6 Å². The molecule has 152 valence electrons. The van der Waals surface area contributed by atoms with Gasteiger partial charge in [-0.3, -0.25) is 9.69 Å². The van der Waals surface area contributed by atoms with E-state index in [-0.39, 0.29) is 17.5 Å². The molecule has 2 aromatic rings. The van der Waals surface area contributed by atoms with E-state index >= 15 is 0 Å². The fraction of sp³-hybridized carbons (Fsp3) is 0.609. The standard InChI is InChI=1S/C23H32N2O3/c1-2-27-22(26)23(16-20-8-5-6-14-28-20)10-12-25(13-11-23)17-19-15-18-7-3-4-9-21(18)24-19/h3-4,7,9,15,20,24H,2,5-6,8,10-14,16-17H2,1H3/t20-/m0/s1. The lowest BCUT2D eigenvalue weighted by Gasteiger charge is -2.42. The zero-order chi connectivity index (χ0) is 19.4. The average Bonchev–Trinajstić information content (AvgIpc) is 3.13. The first-order chi connectivity index (χ1) is 13.7. The molecule has 0 aliphatic carbocycles. The smallest absolute Gasteiger partial charge is 0.312 e. The van der Waals surface area contributed by atoms with E-state index in [4.69, 9.17) is 9.47 Å². The first kappa shape index (κ1) is 19.5. The third-order valence-corrected chi connectivity index (χ3v) is 6.39. The van der Waals surface area contributed by atoms with Gasteiger partial charge in [0.2, 0.25) is 0 Å². The highest BCUT2D eigenvalue weighted by Gasteiger charge is 2.44. The number of aromatic nitrogens is 1. The number of H-pyrrole nitrogens is 1. The second-order valence-electron chi connectivity index (χ2n) is 8.35. The number of fused-ring (bicyclic) bond motifs is 1. The fourth-order valence-corrected chi connectivity index (χ4v) is 4.78. The highest BCUT2D eigenvalue weighted by Crippen LogP contribution is 2.40. The zero-order valence-electron chi connectivity index (χ0n) is 16.9. The van der Waals surface area contributed by atoms with Crippen LogP contribution >= 0.6 is 0 Å².